The summed E-state index contributed by atoms with van der Waals surface area (Å²) in [7, 11) is 2.03. The van der Waals surface area contributed by atoms with Crippen LogP contribution in [-0.4, -0.2) is 29.6 Å². The molecule has 1 aromatic heterocycles. The molecule has 2 aromatic rings. The largest absolute Gasteiger partial charge is 0.477 e. The molecule has 0 unspecified atom stereocenters. The third-order valence-electron chi connectivity index (χ3n) is 2.93. The molecule has 0 amide bonds. The van der Waals surface area contributed by atoms with Crippen LogP contribution in [0.1, 0.15) is 28.6 Å². The fourth-order valence-corrected chi connectivity index (χ4v) is 3.21. The van der Waals surface area contributed by atoms with Crippen molar-refractivity contribution in [2.45, 2.75) is 19.9 Å². The Balaban J connectivity index is 2.45. The van der Waals surface area contributed by atoms with Gasteiger partial charge in [0.2, 0.25) is 0 Å². The topological polar surface area (TPSA) is 40.5 Å². The van der Waals surface area contributed by atoms with Crippen LogP contribution in [0.25, 0.3) is 10.1 Å². The maximum atomic E-state index is 11.3. The first kappa shape index (κ1) is 13.1. The summed E-state index contributed by atoms with van der Waals surface area (Å²) < 4.78 is 1.05. The number of nitrogens with zero attached hydrogens (tertiary/aromatic N) is 1. The van der Waals surface area contributed by atoms with Crippen LogP contribution < -0.4 is 0 Å². The second kappa shape index (κ2) is 5.50. The average molecular weight is 263 g/mol. The summed E-state index contributed by atoms with van der Waals surface area (Å²) in [6.45, 7) is 3.79. The second-order valence-corrected chi connectivity index (χ2v) is 5.50. The molecule has 0 aliphatic rings. The molecule has 0 saturated heterocycles. The van der Waals surface area contributed by atoms with Crippen LogP contribution in [-0.2, 0) is 6.54 Å². The van der Waals surface area contributed by atoms with Crippen LogP contribution in [0.15, 0.2) is 24.3 Å². The fraction of sp³-hybridized carbons (Fsp3) is 0.357. The molecule has 1 aromatic carbocycles. The van der Waals surface area contributed by atoms with Gasteiger partial charge < -0.3 is 10.0 Å². The number of rotatable bonds is 5. The molecule has 0 aliphatic heterocycles. The first-order chi connectivity index (χ1) is 8.63. The molecule has 4 heteroatoms. The van der Waals surface area contributed by atoms with E-state index in [9.17, 15) is 9.90 Å². The summed E-state index contributed by atoms with van der Waals surface area (Å²) in [5, 5.41) is 10.4. The Morgan fingerprint density at radius 3 is 2.78 bits per heavy atom. The molecule has 0 atom stereocenters. The average Bonchev–Trinajstić information content (AvgIpc) is 2.69. The van der Waals surface area contributed by atoms with Crippen molar-refractivity contribution in [1.82, 2.24) is 4.90 Å². The monoisotopic (exact) mass is 263 g/mol. The molecule has 18 heavy (non-hydrogen) atoms. The van der Waals surface area contributed by atoms with Crippen molar-refractivity contribution >= 4 is 27.4 Å². The van der Waals surface area contributed by atoms with Gasteiger partial charge in [0.1, 0.15) is 4.88 Å². The van der Waals surface area contributed by atoms with Crippen LogP contribution in [0.4, 0.5) is 0 Å². The molecule has 0 fully saturated rings. The lowest BCUT2D eigenvalue weighted by Gasteiger charge is -2.15. The van der Waals surface area contributed by atoms with Crippen LogP contribution in [0.5, 0.6) is 0 Å². The van der Waals surface area contributed by atoms with E-state index in [4.69, 9.17) is 0 Å². The van der Waals surface area contributed by atoms with Gasteiger partial charge in [-0.15, -0.1) is 11.3 Å². The Labute approximate surface area is 111 Å². The molecular weight excluding hydrogens is 246 g/mol. The number of thiophene rings is 1. The van der Waals surface area contributed by atoms with Crippen molar-refractivity contribution in [3.05, 3.63) is 34.7 Å². The fourth-order valence-electron chi connectivity index (χ4n) is 2.16. The summed E-state index contributed by atoms with van der Waals surface area (Å²) in [6, 6.07) is 7.90. The lowest BCUT2D eigenvalue weighted by atomic mass is 10.1. The minimum atomic E-state index is -0.823. The molecule has 0 spiro atoms. The molecule has 96 valence electrons. The normalized spacial score (nSPS) is 11.3. The minimum absolute atomic E-state index is 0.471. The SMILES string of the molecule is CCCN(C)Cc1c(C(=O)O)sc2ccccc12. The summed E-state index contributed by atoms with van der Waals surface area (Å²) in [6.07, 6.45) is 1.07. The van der Waals surface area contributed by atoms with Crippen molar-refractivity contribution in [2.24, 2.45) is 0 Å². The summed E-state index contributed by atoms with van der Waals surface area (Å²) in [5.74, 6) is -0.823. The predicted molar refractivity (Wildman–Crippen MR) is 75.4 cm³/mol. The smallest absolute Gasteiger partial charge is 0.346 e. The van der Waals surface area contributed by atoms with Crippen molar-refractivity contribution in [1.29, 1.82) is 0 Å². The van der Waals surface area contributed by atoms with Crippen LogP contribution in [0.2, 0.25) is 0 Å². The number of aromatic carboxylic acids is 1. The third-order valence-corrected chi connectivity index (χ3v) is 4.13. The van der Waals surface area contributed by atoms with E-state index in [1.165, 1.54) is 11.3 Å². The van der Waals surface area contributed by atoms with Gasteiger partial charge in [0.25, 0.3) is 0 Å². The quantitative estimate of drug-likeness (QED) is 0.898. The Bertz CT molecular complexity index is 562. The van der Waals surface area contributed by atoms with Crippen molar-refractivity contribution in [3.8, 4) is 0 Å². The van der Waals surface area contributed by atoms with Gasteiger partial charge in [0.15, 0.2) is 0 Å². The molecule has 2 rings (SSSR count). The van der Waals surface area contributed by atoms with Gasteiger partial charge in [0, 0.05) is 11.2 Å². The first-order valence-electron chi connectivity index (χ1n) is 6.05. The zero-order valence-corrected chi connectivity index (χ0v) is 11.5. The van der Waals surface area contributed by atoms with Gasteiger partial charge in [-0.25, -0.2) is 4.79 Å². The van der Waals surface area contributed by atoms with E-state index in [-0.39, 0.29) is 0 Å². The summed E-state index contributed by atoms with van der Waals surface area (Å²) >= 11 is 1.37. The standard InChI is InChI=1S/C14H17NO2S/c1-3-8-15(2)9-11-10-6-4-5-7-12(10)18-13(11)14(16)17/h4-7H,3,8-9H2,1-2H3,(H,16,17). The van der Waals surface area contributed by atoms with E-state index in [2.05, 4.69) is 11.8 Å². The molecule has 1 heterocycles. The van der Waals surface area contributed by atoms with Gasteiger partial charge in [-0.2, -0.15) is 0 Å². The van der Waals surface area contributed by atoms with E-state index in [0.717, 1.165) is 28.6 Å². The van der Waals surface area contributed by atoms with Gasteiger partial charge in [-0.3, -0.25) is 0 Å². The van der Waals surface area contributed by atoms with Gasteiger partial charge in [-0.05, 0) is 37.0 Å². The van der Waals surface area contributed by atoms with Crippen LogP contribution in [0, 0.1) is 0 Å². The van der Waals surface area contributed by atoms with E-state index in [1.54, 1.807) is 0 Å². The molecule has 0 aliphatic carbocycles. The lowest BCUT2D eigenvalue weighted by Crippen LogP contribution is -2.19. The second-order valence-electron chi connectivity index (χ2n) is 4.45. The Morgan fingerprint density at radius 2 is 2.11 bits per heavy atom. The number of hydrogen-bond acceptors (Lipinski definition) is 3. The van der Waals surface area contributed by atoms with Crippen molar-refractivity contribution in [2.75, 3.05) is 13.6 Å². The highest BCUT2D eigenvalue weighted by Crippen LogP contribution is 2.32. The Hall–Kier alpha value is -1.39. The number of fused-ring (bicyclic) bond motifs is 1. The maximum absolute atomic E-state index is 11.3. The highest BCUT2D eigenvalue weighted by atomic mass is 32.1. The van der Waals surface area contributed by atoms with Gasteiger partial charge in [0.05, 0.1) is 0 Å². The molecule has 1 N–H and O–H groups in total. The van der Waals surface area contributed by atoms with Crippen molar-refractivity contribution in [3.63, 3.8) is 0 Å². The lowest BCUT2D eigenvalue weighted by molar-refractivity contribution is 0.0700. The number of carboxylic acids is 1. The van der Waals surface area contributed by atoms with Crippen molar-refractivity contribution < 1.29 is 9.90 Å². The number of carboxylic acid groups (broad SMARTS) is 1. The Kier molecular flexibility index (Phi) is 3.99. The molecule has 3 nitrogen and oxygen atoms in total. The molecule has 0 saturated carbocycles. The summed E-state index contributed by atoms with van der Waals surface area (Å²) in [5.41, 5.74) is 0.944. The predicted octanol–water partition coefficient (Wildman–Crippen LogP) is 3.44. The zero-order valence-electron chi connectivity index (χ0n) is 10.6. The highest BCUT2D eigenvalue weighted by molar-refractivity contribution is 7.21. The van der Waals surface area contributed by atoms with E-state index < -0.39 is 5.97 Å². The Morgan fingerprint density at radius 1 is 1.39 bits per heavy atom. The summed E-state index contributed by atoms with van der Waals surface area (Å²) in [4.78, 5) is 14.0. The third kappa shape index (κ3) is 2.54. The van der Waals surface area contributed by atoms with Gasteiger partial charge in [-0.1, -0.05) is 25.1 Å². The van der Waals surface area contributed by atoms with E-state index in [0.29, 0.717) is 11.4 Å². The number of hydrogen-bond donors (Lipinski definition) is 1. The first-order valence-corrected chi connectivity index (χ1v) is 6.87. The van der Waals surface area contributed by atoms with Crippen LogP contribution in [0.3, 0.4) is 0 Å². The number of benzene rings is 1. The van der Waals surface area contributed by atoms with E-state index >= 15 is 0 Å². The molecule has 0 radical (unpaired) electrons. The maximum Gasteiger partial charge on any atom is 0.346 e. The minimum Gasteiger partial charge on any atom is -0.477 e. The van der Waals surface area contributed by atoms with Gasteiger partial charge >= 0.3 is 5.97 Å². The van der Waals surface area contributed by atoms with E-state index in [1.807, 2.05) is 31.3 Å². The number of carbonyl (C=O) groups is 1. The molecular formula is C14H17NO2S. The highest BCUT2D eigenvalue weighted by Gasteiger charge is 2.18. The van der Waals surface area contributed by atoms with Crippen LogP contribution >= 0.6 is 11.3 Å². The molecule has 0 bridgehead atoms. The zero-order chi connectivity index (χ0) is 13.1.